The normalized spacial score (nSPS) is 16.7. The molecule has 0 aromatic carbocycles. The molecule has 0 radical (unpaired) electrons. The third kappa shape index (κ3) is 4.69. The molecule has 0 aliphatic carbocycles. The van der Waals surface area contributed by atoms with Crippen LogP contribution in [0.25, 0.3) is 0 Å². The van der Waals surface area contributed by atoms with Crippen LogP contribution in [-0.2, 0) is 9.53 Å². The maximum absolute atomic E-state index is 11.8. The smallest absolute Gasteiger partial charge is 0.414 e. The van der Waals surface area contributed by atoms with Crippen LogP contribution in [0.2, 0.25) is 0 Å². The van der Waals surface area contributed by atoms with Crippen molar-refractivity contribution in [2.24, 2.45) is 5.73 Å². The van der Waals surface area contributed by atoms with E-state index in [2.05, 4.69) is 4.74 Å². The van der Waals surface area contributed by atoms with Crippen LogP contribution in [-0.4, -0.2) is 36.0 Å². The van der Waals surface area contributed by atoms with Crippen molar-refractivity contribution in [3.05, 3.63) is 0 Å². The number of ether oxygens (including phenoxy) is 1. The molecular weight excluding hydrogens is 191 g/mol. The molecule has 4 nitrogen and oxygen atoms in total. The Hall–Kier alpha value is -0.820. The monoisotopic (exact) mass is 201 g/mol. The summed E-state index contributed by atoms with van der Waals surface area (Å²) in [7, 11) is 0. The van der Waals surface area contributed by atoms with E-state index in [0.29, 0.717) is 0 Å². The second-order valence-corrected chi connectivity index (χ2v) is 2.46. The molecule has 0 aliphatic rings. The summed E-state index contributed by atoms with van der Waals surface area (Å²) in [6.45, 7) is 0.130. The van der Waals surface area contributed by atoms with Gasteiger partial charge in [-0.15, -0.1) is 0 Å². The van der Waals surface area contributed by atoms with E-state index in [1.807, 2.05) is 0 Å². The van der Waals surface area contributed by atoms with Gasteiger partial charge in [0.2, 0.25) is 0 Å². The Balaban J connectivity index is 3.83. The molecule has 2 unspecified atom stereocenters. The molecular formula is C6H10F3NO3. The van der Waals surface area contributed by atoms with E-state index in [4.69, 9.17) is 10.8 Å². The lowest BCUT2D eigenvalue weighted by atomic mass is 10.3. The average molecular weight is 201 g/mol. The highest BCUT2D eigenvalue weighted by Gasteiger charge is 2.37. The zero-order valence-corrected chi connectivity index (χ0v) is 6.84. The van der Waals surface area contributed by atoms with E-state index in [-0.39, 0.29) is 0 Å². The van der Waals surface area contributed by atoms with Crippen molar-refractivity contribution >= 4 is 5.97 Å². The van der Waals surface area contributed by atoms with Crippen LogP contribution < -0.4 is 5.73 Å². The fraction of sp³-hybridized carbons (Fsp3) is 0.833. The third-order valence-electron chi connectivity index (χ3n) is 1.30. The van der Waals surface area contributed by atoms with Crippen LogP contribution in [0.4, 0.5) is 13.2 Å². The van der Waals surface area contributed by atoms with Gasteiger partial charge in [-0.1, -0.05) is 0 Å². The van der Waals surface area contributed by atoms with Gasteiger partial charge in [0, 0.05) is 0 Å². The number of carboxylic acids is 1. The summed E-state index contributed by atoms with van der Waals surface area (Å²) >= 11 is 0. The number of aliphatic carboxylic acids is 1. The van der Waals surface area contributed by atoms with E-state index in [1.54, 1.807) is 0 Å². The first kappa shape index (κ1) is 12.2. The van der Waals surface area contributed by atoms with Crippen LogP contribution >= 0.6 is 0 Å². The highest BCUT2D eigenvalue weighted by molar-refractivity contribution is 5.73. The fourth-order valence-electron chi connectivity index (χ4n) is 0.414. The number of carboxylic acid groups (broad SMARTS) is 1. The first-order chi connectivity index (χ1) is 5.75. The van der Waals surface area contributed by atoms with Crippen LogP contribution in [0.15, 0.2) is 0 Å². The molecule has 0 spiro atoms. The van der Waals surface area contributed by atoms with Gasteiger partial charge >= 0.3 is 12.1 Å². The molecule has 0 bridgehead atoms. The highest BCUT2D eigenvalue weighted by atomic mass is 19.4. The first-order valence-electron chi connectivity index (χ1n) is 3.42. The van der Waals surface area contributed by atoms with Gasteiger partial charge < -0.3 is 15.6 Å². The molecule has 78 valence electrons. The van der Waals surface area contributed by atoms with Crippen molar-refractivity contribution in [3.8, 4) is 0 Å². The molecule has 2 atom stereocenters. The highest BCUT2D eigenvalue weighted by Crippen LogP contribution is 2.22. The Bertz CT molecular complexity index is 182. The van der Waals surface area contributed by atoms with Gasteiger partial charge in [-0.05, 0) is 6.92 Å². The zero-order chi connectivity index (χ0) is 10.6. The van der Waals surface area contributed by atoms with E-state index < -0.39 is 30.9 Å². The molecule has 13 heavy (non-hydrogen) atoms. The maximum Gasteiger partial charge on any atom is 0.414 e. The van der Waals surface area contributed by atoms with E-state index in [1.165, 1.54) is 0 Å². The summed E-state index contributed by atoms with van der Waals surface area (Å²) in [5, 5.41) is 8.21. The third-order valence-corrected chi connectivity index (χ3v) is 1.30. The van der Waals surface area contributed by atoms with Gasteiger partial charge in [-0.3, -0.25) is 4.79 Å². The largest absolute Gasteiger partial charge is 0.480 e. The molecule has 0 aromatic rings. The molecule has 0 rings (SSSR count). The van der Waals surface area contributed by atoms with Crippen LogP contribution in [0.1, 0.15) is 6.92 Å². The predicted octanol–water partition coefficient (Wildman–Crippen LogP) is 0.366. The van der Waals surface area contributed by atoms with Gasteiger partial charge in [-0.25, -0.2) is 0 Å². The zero-order valence-electron chi connectivity index (χ0n) is 6.84. The molecule has 0 aliphatic heterocycles. The molecule has 7 heteroatoms. The predicted molar refractivity (Wildman–Crippen MR) is 37.1 cm³/mol. The molecule has 0 saturated carbocycles. The van der Waals surface area contributed by atoms with Crippen LogP contribution in [0.5, 0.6) is 0 Å². The topological polar surface area (TPSA) is 72.5 Å². The summed E-state index contributed by atoms with van der Waals surface area (Å²) in [5.74, 6) is -1.39. The van der Waals surface area contributed by atoms with Crippen LogP contribution in [0.3, 0.4) is 0 Å². The van der Waals surface area contributed by atoms with E-state index in [9.17, 15) is 18.0 Å². The quantitative estimate of drug-likeness (QED) is 0.689. The van der Waals surface area contributed by atoms with Gasteiger partial charge in [0.1, 0.15) is 6.04 Å². The minimum absolute atomic E-state index is 0.657. The van der Waals surface area contributed by atoms with Crippen molar-refractivity contribution in [3.63, 3.8) is 0 Å². The maximum atomic E-state index is 11.8. The molecule has 3 N–H and O–H groups in total. The Morgan fingerprint density at radius 3 is 2.38 bits per heavy atom. The number of alkyl halides is 3. The van der Waals surface area contributed by atoms with Crippen molar-refractivity contribution < 1.29 is 27.8 Å². The Kier molecular flexibility index (Phi) is 4.15. The number of nitrogens with two attached hydrogens (primary N) is 1. The summed E-state index contributed by atoms with van der Waals surface area (Å²) in [6, 6.07) is -1.43. The Labute approximate surface area is 72.5 Å². The second kappa shape index (κ2) is 4.43. The number of hydrogen-bond acceptors (Lipinski definition) is 3. The number of halogens is 3. The Morgan fingerprint density at radius 1 is 1.62 bits per heavy atom. The second-order valence-electron chi connectivity index (χ2n) is 2.46. The molecule has 0 aromatic heterocycles. The van der Waals surface area contributed by atoms with Gasteiger partial charge in [0.25, 0.3) is 0 Å². The molecule has 0 heterocycles. The standard InChI is InChI=1S/C6H10F3NO3/c1-3(6(7,8)9)13-2-4(10)5(11)12/h3-4H,2,10H2,1H3,(H,11,12). The Morgan fingerprint density at radius 2 is 2.08 bits per heavy atom. The van der Waals surface area contributed by atoms with Gasteiger partial charge in [0.15, 0.2) is 6.10 Å². The number of rotatable bonds is 4. The van der Waals surface area contributed by atoms with Crippen molar-refractivity contribution in [1.29, 1.82) is 0 Å². The lowest BCUT2D eigenvalue weighted by molar-refractivity contribution is -0.215. The van der Waals surface area contributed by atoms with Gasteiger partial charge in [0.05, 0.1) is 6.61 Å². The lowest BCUT2D eigenvalue weighted by Crippen LogP contribution is -2.39. The van der Waals surface area contributed by atoms with E-state index >= 15 is 0 Å². The van der Waals surface area contributed by atoms with Crippen molar-refractivity contribution in [2.45, 2.75) is 25.2 Å². The van der Waals surface area contributed by atoms with Crippen molar-refractivity contribution in [2.75, 3.05) is 6.61 Å². The molecule has 0 fully saturated rings. The summed E-state index contributed by atoms with van der Waals surface area (Å²) in [5.41, 5.74) is 4.92. The number of carbonyl (C=O) groups is 1. The molecule has 0 amide bonds. The summed E-state index contributed by atoms with van der Waals surface area (Å²) in [4.78, 5) is 10.1. The minimum Gasteiger partial charge on any atom is -0.480 e. The van der Waals surface area contributed by atoms with Crippen LogP contribution in [0, 0.1) is 0 Å². The fourth-order valence-corrected chi connectivity index (χ4v) is 0.414. The minimum atomic E-state index is -4.49. The summed E-state index contributed by atoms with van der Waals surface area (Å²) < 4.78 is 39.6. The SMILES string of the molecule is CC(OCC(N)C(=O)O)C(F)(F)F. The van der Waals surface area contributed by atoms with Gasteiger partial charge in [-0.2, -0.15) is 13.2 Å². The number of hydrogen-bond donors (Lipinski definition) is 2. The lowest BCUT2D eigenvalue weighted by Gasteiger charge is -2.17. The molecule has 0 saturated heterocycles. The van der Waals surface area contributed by atoms with Crippen molar-refractivity contribution in [1.82, 2.24) is 0 Å². The summed E-state index contributed by atoms with van der Waals surface area (Å²) in [6.07, 6.45) is -6.49. The first-order valence-corrected chi connectivity index (χ1v) is 3.42. The van der Waals surface area contributed by atoms with E-state index in [0.717, 1.165) is 6.92 Å². The average Bonchev–Trinajstić information content (AvgIpc) is 1.97.